The minimum atomic E-state index is 0.244. The quantitative estimate of drug-likeness (QED) is 0.712. The number of aryl methyl sites for hydroxylation is 1. The number of aromatic nitrogens is 1. The van der Waals surface area contributed by atoms with Gasteiger partial charge in [0.25, 0.3) is 0 Å². The summed E-state index contributed by atoms with van der Waals surface area (Å²) in [5.41, 5.74) is 2.82. The SMILES string of the molecule is CCSCCC(C)(C)c1ccc2sc(C)nc2c1. The maximum atomic E-state index is 4.60. The Kier molecular flexibility index (Phi) is 4.33. The van der Waals surface area contributed by atoms with Crippen molar-refractivity contribution < 1.29 is 0 Å². The van der Waals surface area contributed by atoms with E-state index in [4.69, 9.17) is 0 Å². The lowest BCUT2D eigenvalue weighted by atomic mass is 9.82. The van der Waals surface area contributed by atoms with Gasteiger partial charge in [-0.2, -0.15) is 11.8 Å². The van der Waals surface area contributed by atoms with Crippen molar-refractivity contribution in [1.82, 2.24) is 4.98 Å². The van der Waals surface area contributed by atoms with Crippen LogP contribution in [0, 0.1) is 6.92 Å². The van der Waals surface area contributed by atoms with Gasteiger partial charge in [-0.05, 0) is 48.0 Å². The second kappa shape index (κ2) is 5.62. The highest BCUT2D eigenvalue weighted by atomic mass is 32.2. The van der Waals surface area contributed by atoms with Gasteiger partial charge in [-0.3, -0.25) is 0 Å². The fourth-order valence-corrected chi connectivity index (χ4v) is 3.83. The van der Waals surface area contributed by atoms with E-state index in [9.17, 15) is 0 Å². The van der Waals surface area contributed by atoms with Gasteiger partial charge in [0.15, 0.2) is 0 Å². The summed E-state index contributed by atoms with van der Waals surface area (Å²) in [6.07, 6.45) is 1.22. The average molecular weight is 279 g/mol. The van der Waals surface area contributed by atoms with Gasteiger partial charge in [-0.25, -0.2) is 4.98 Å². The van der Waals surface area contributed by atoms with Crippen molar-refractivity contribution in [2.75, 3.05) is 11.5 Å². The number of thioether (sulfide) groups is 1. The second-order valence-electron chi connectivity index (χ2n) is 5.25. The molecular formula is C15H21NS2. The molecule has 0 atom stereocenters. The largest absolute Gasteiger partial charge is 0.242 e. The summed E-state index contributed by atoms with van der Waals surface area (Å²) in [6.45, 7) is 8.97. The van der Waals surface area contributed by atoms with Crippen molar-refractivity contribution in [2.24, 2.45) is 0 Å². The molecule has 0 saturated heterocycles. The molecule has 98 valence electrons. The van der Waals surface area contributed by atoms with Gasteiger partial charge in [-0.1, -0.05) is 26.8 Å². The van der Waals surface area contributed by atoms with Gasteiger partial charge in [0.1, 0.15) is 0 Å². The Morgan fingerprint density at radius 3 is 2.83 bits per heavy atom. The van der Waals surface area contributed by atoms with E-state index in [2.05, 4.69) is 50.9 Å². The van der Waals surface area contributed by atoms with Crippen LogP contribution in [0.5, 0.6) is 0 Å². The molecule has 0 bridgehead atoms. The van der Waals surface area contributed by atoms with Crippen molar-refractivity contribution >= 4 is 33.3 Å². The molecule has 0 spiro atoms. The molecule has 1 aromatic carbocycles. The monoisotopic (exact) mass is 279 g/mol. The van der Waals surface area contributed by atoms with Crippen LogP contribution in [0.3, 0.4) is 0 Å². The Balaban J connectivity index is 2.23. The van der Waals surface area contributed by atoms with Crippen molar-refractivity contribution in [2.45, 2.75) is 39.5 Å². The van der Waals surface area contributed by atoms with Crippen LogP contribution in [-0.4, -0.2) is 16.5 Å². The first kappa shape index (κ1) is 13.9. The van der Waals surface area contributed by atoms with E-state index >= 15 is 0 Å². The molecule has 0 aliphatic heterocycles. The number of fused-ring (bicyclic) bond motifs is 1. The van der Waals surface area contributed by atoms with Crippen molar-refractivity contribution in [1.29, 1.82) is 0 Å². The smallest absolute Gasteiger partial charge is 0.0907 e. The first-order valence-electron chi connectivity index (χ1n) is 6.48. The Bertz CT molecular complexity index is 528. The van der Waals surface area contributed by atoms with Gasteiger partial charge in [-0.15, -0.1) is 11.3 Å². The Labute approximate surface area is 118 Å². The lowest BCUT2D eigenvalue weighted by Gasteiger charge is -2.25. The third-order valence-corrected chi connectivity index (χ3v) is 5.20. The molecule has 0 unspecified atom stereocenters. The number of nitrogens with zero attached hydrogens (tertiary/aromatic N) is 1. The molecule has 2 aromatic rings. The predicted molar refractivity (Wildman–Crippen MR) is 85.0 cm³/mol. The van der Waals surface area contributed by atoms with E-state index in [1.807, 2.05) is 11.8 Å². The predicted octanol–water partition coefficient (Wildman–Crippen LogP) is 5.03. The van der Waals surface area contributed by atoms with Crippen LogP contribution in [0.25, 0.3) is 10.2 Å². The van der Waals surface area contributed by atoms with Gasteiger partial charge in [0, 0.05) is 0 Å². The zero-order valence-corrected chi connectivity index (χ0v) is 13.3. The maximum absolute atomic E-state index is 4.60. The maximum Gasteiger partial charge on any atom is 0.0907 e. The molecule has 0 saturated carbocycles. The normalized spacial score (nSPS) is 12.2. The summed E-state index contributed by atoms with van der Waals surface area (Å²) in [6, 6.07) is 6.77. The first-order chi connectivity index (χ1) is 8.53. The summed E-state index contributed by atoms with van der Waals surface area (Å²) >= 11 is 3.80. The zero-order chi connectivity index (χ0) is 13.2. The van der Waals surface area contributed by atoms with Gasteiger partial charge < -0.3 is 0 Å². The minimum Gasteiger partial charge on any atom is -0.242 e. The number of hydrogen-bond donors (Lipinski definition) is 0. The molecule has 1 nitrogen and oxygen atoms in total. The third kappa shape index (κ3) is 3.07. The Morgan fingerprint density at radius 1 is 1.33 bits per heavy atom. The van der Waals surface area contributed by atoms with Crippen LogP contribution in [0.4, 0.5) is 0 Å². The fourth-order valence-electron chi connectivity index (χ4n) is 2.08. The van der Waals surface area contributed by atoms with Crippen LogP contribution in [-0.2, 0) is 5.41 Å². The van der Waals surface area contributed by atoms with Gasteiger partial charge >= 0.3 is 0 Å². The average Bonchev–Trinajstić information content (AvgIpc) is 2.68. The van der Waals surface area contributed by atoms with Crippen LogP contribution in [0.1, 0.15) is 37.8 Å². The lowest BCUT2D eigenvalue weighted by Crippen LogP contribution is -2.18. The molecule has 1 heterocycles. The van der Waals surface area contributed by atoms with E-state index in [1.54, 1.807) is 11.3 Å². The van der Waals surface area contributed by atoms with Gasteiger partial charge in [0.05, 0.1) is 15.2 Å². The molecule has 0 fully saturated rings. The second-order valence-corrected chi connectivity index (χ2v) is 7.87. The Hall–Kier alpha value is -0.540. The number of benzene rings is 1. The van der Waals surface area contributed by atoms with Crippen molar-refractivity contribution in [3.8, 4) is 0 Å². The van der Waals surface area contributed by atoms with Crippen LogP contribution >= 0.6 is 23.1 Å². The van der Waals surface area contributed by atoms with E-state index in [0.717, 1.165) is 10.5 Å². The van der Waals surface area contributed by atoms with E-state index in [-0.39, 0.29) is 5.41 Å². The minimum absolute atomic E-state index is 0.244. The Morgan fingerprint density at radius 2 is 2.11 bits per heavy atom. The van der Waals surface area contributed by atoms with Gasteiger partial charge in [0.2, 0.25) is 0 Å². The molecule has 0 aliphatic carbocycles. The first-order valence-corrected chi connectivity index (χ1v) is 8.45. The van der Waals surface area contributed by atoms with Crippen LogP contribution in [0.2, 0.25) is 0 Å². The summed E-state index contributed by atoms with van der Waals surface area (Å²) in [5, 5.41) is 1.15. The zero-order valence-electron chi connectivity index (χ0n) is 11.6. The molecular weight excluding hydrogens is 258 g/mol. The lowest BCUT2D eigenvalue weighted by molar-refractivity contribution is 0.511. The summed E-state index contributed by atoms with van der Waals surface area (Å²) in [7, 11) is 0. The van der Waals surface area contributed by atoms with E-state index < -0.39 is 0 Å². The van der Waals surface area contributed by atoms with Crippen molar-refractivity contribution in [3.63, 3.8) is 0 Å². The standard InChI is InChI=1S/C15H21NS2/c1-5-17-9-8-15(3,4)12-6-7-14-13(10-12)16-11(2)18-14/h6-7,10H,5,8-9H2,1-4H3. The molecule has 1 aromatic heterocycles. The molecule has 0 amide bonds. The summed E-state index contributed by atoms with van der Waals surface area (Å²) < 4.78 is 1.30. The highest BCUT2D eigenvalue weighted by Gasteiger charge is 2.20. The third-order valence-electron chi connectivity index (χ3n) is 3.35. The topological polar surface area (TPSA) is 12.9 Å². The van der Waals surface area contributed by atoms with E-state index in [1.165, 1.54) is 28.2 Å². The molecule has 18 heavy (non-hydrogen) atoms. The summed E-state index contributed by atoms with van der Waals surface area (Å²) in [5.74, 6) is 2.44. The molecule has 0 aliphatic rings. The highest BCUT2D eigenvalue weighted by Crippen LogP contribution is 2.32. The molecule has 2 rings (SSSR count). The van der Waals surface area contributed by atoms with Crippen molar-refractivity contribution in [3.05, 3.63) is 28.8 Å². The highest BCUT2D eigenvalue weighted by molar-refractivity contribution is 7.99. The molecule has 0 radical (unpaired) electrons. The number of hydrogen-bond acceptors (Lipinski definition) is 3. The summed E-state index contributed by atoms with van der Waals surface area (Å²) in [4.78, 5) is 4.60. The fraction of sp³-hybridized carbons (Fsp3) is 0.533. The number of thiazole rings is 1. The number of rotatable bonds is 5. The van der Waals surface area contributed by atoms with Crippen LogP contribution in [0.15, 0.2) is 18.2 Å². The molecule has 3 heteroatoms. The van der Waals surface area contributed by atoms with E-state index in [0.29, 0.717) is 0 Å². The molecule has 0 N–H and O–H groups in total. The van der Waals surface area contributed by atoms with Crippen LogP contribution < -0.4 is 0 Å².